The first-order valence-electron chi connectivity index (χ1n) is 20.8. The third-order valence-corrected chi connectivity index (χ3v) is 12.3. The Kier molecular flexibility index (Phi) is 7.54. The van der Waals surface area contributed by atoms with E-state index >= 15 is 0 Å². The van der Waals surface area contributed by atoms with Gasteiger partial charge in [-0.3, -0.25) is 0 Å². The molecule has 5 nitrogen and oxygen atoms in total. The van der Waals surface area contributed by atoms with E-state index in [-0.39, 0.29) is 0 Å². The smallest absolute Gasteiger partial charge is 0.164 e. The highest BCUT2D eigenvalue weighted by Crippen LogP contribution is 2.40. The minimum atomic E-state index is 0.591. The van der Waals surface area contributed by atoms with Gasteiger partial charge in [-0.1, -0.05) is 152 Å². The molecule has 3 aromatic heterocycles. The second-order valence-corrected chi connectivity index (χ2v) is 15.9. The molecule has 0 saturated carbocycles. The van der Waals surface area contributed by atoms with Crippen LogP contribution in [0.15, 0.2) is 209 Å². The highest BCUT2D eigenvalue weighted by Gasteiger charge is 2.19. The van der Waals surface area contributed by atoms with Crippen molar-refractivity contribution < 1.29 is 8.83 Å². The Labute approximate surface area is 355 Å². The van der Waals surface area contributed by atoms with E-state index in [1.807, 2.05) is 36.4 Å². The second-order valence-electron chi connectivity index (χ2n) is 15.9. The first-order valence-corrected chi connectivity index (χ1v) is 20.8. The van der Waals surface area contributed by atoms with Gasteiger partial charge in [0.15, 0.2) is 17.5 Å². The number of nitrogens with zero attached hydrogens (tertiary/aromatic N) is 3. The van der Waals surface area contributed by atoms with Crippen molar-refractivity contribution in [3.8, 4) is 56.4 Å². The van der Waals surface area contributed by atoms with Gasteiger partial charge < -0.3 is 8.83 Å². The minimum Gasteiger partial charge on any atom is -0.456 e. The number of para-hydroxylation sites is 2. The standard InChI is InChI=1S/C57H33N3O2/c1-2-11-34(12-3-1)37-23-26-42-38(29-37)15-8-20-47(42)56-58-55(41-25-28-52-49(32-41)45-17-6-7-22-51(45)61-52)59-57(60-56)48-21-9-16-39-30-40(24-27-43(39)48)44-18-10-19-46-50-31-35-13-4-5-14-36(35)33-53(50)62-54(44)46/h1-33H. The Morgan fingerprint density at radius 2 is 0.823 bits per heavy atom. The van der Waals surface area contributed by atoms with Gasteiger partial charge >= 0.3 is 0 Å². The average molecular weight is 792 g/mol. The number of furan rings is 2. The Morgan fingerprint density at radius 3 is 1.61 bits per heavy atom. The van der Waals surface area contributed by atoms with Gasteiger partial charge in [-0.05, 0) is 97.5 Å². The van der Waals surface area contributed by atoms with E-state index in [2.05, 4.69) is 164 Å². The van der Waals surface area contributed by atoms with Crippen LogP contribution in [-0.2, 0) is 0 Å². The first kappa shape index (κ1) is 34.5. The van der Waals surface area contributed by atoms with Crippen molar-refractivity contribution in [2.45, 2.75) is 0 Å². The minimum absolute atomic E-state index is 0.591. The van der Waals surface area contributed by atoms with E-state index < -0.39 is 0 Å². The maximum Gasteiger partial charge on any atom is 0.164 e. The van der Waals surface area contributed by atoms with E-state index in [0.717, 1.165) is 104 Å². The van der Waals surface area contributed by atoms with Gasteiger partial charge in [-0.25, -0.2) is 15.0 Å². The van der Waals surface area contributed by atoms with E-state index in [0.29, 0.717) is 17.5 Å². The van der Waals surface area contributed by atoms with Crippen LogP contribution in [0.5, 0.6) is 0 Å². The summed E-state index contributed by atoms with van der Waals surface area (Å²) in [4.78, 5) is 15.8. The molecule has 0 spiro atoms. The summed E-state index contributed by atoms with van der Waals surface area (Å²) in [7, 11) is 0. The molecule has 0 saturated heterocycles. The number of aromatic nitrogens is 3. The first-order chi connectivity index (χ1) is 30.7. The zero-order chi connectivity index (χ0) is 40.7. The van der Waals surface area contributed by atoms with Crippen molar-refractivity contribution in [2.75, 3.05) is 0 Å². The van der Waals surface area contributed by atoms with Crippen LogP contribution in [0.4, 0.5) is 0 Å². The molecule has 0 fully saturated rings. The van der Waals surface area contributed by atoms with E-state index in [1.54, 1.807) is 0 Å². The van der Waals surface area contributed by atoms with Gasteiger partial charge in [0.05, 0.1) is 0 Å². The SMILES string of the molecule is c1ccc(-c2ccc3c(-c4nc(-c5ccc6oc7ccccc7c6c5)nc(-c5cccc6cc(-c7cccc8c7oc7cc9ccccc9cc78)ccc56)n4)cccc3c2)cc1. The van der Waals surface area contributed by atoms with Crippen molar-refractivity contribution in [1.29, 1.82) is 0 Å². The zero-order valence-corrected chi connectivity index (χ0v) is 33.2. The quantitative estimate of drug-likeness (QED) is 0.174. The summed E-state index contributed by atoms with van der Waals surface area (Å²) in [5.41, 5.74) is 10.7. The molecule has 10 aromatic carbocycles. The fraction of sp³-hybridized carbons (Fsp3) is 0. The highest BCUT2D eigenvalue weighted by atomic mass is 16.3. The summed E-state index contributed by atoms with van der Waals surface area (Å²) >= 11 is 0. The van der Waals surface area contributed by atoms with Gasteiger partial charge in [0.1, 0.15) is 22.3 Å². The molecule has 0 unspecified atom stereocenters. The third-order valence-electron chi connectivity index (χ3n) is 12.3. The number of hydrogen-bond donors (Lipinski definition) is 0. The fourth-order valence-corrected chi connectivity index (χ4v) is 9.26. The maximum absolute atomic E-state index is 6.63. The molecule has 0 N–H and O–H groups in total. The number of rotatable bonds is 5. The van der Waals surface area contributed by atoms with Crippen LogP contribution in [-0.4, -0.2) is 15.0 Å². The Morgan fingerprint density at radius 1 is 0.258 bits per heavy atom. The largest absolute Gasteiger partial charge is 0.456 e. The Bertz CT molecular complexity index is 3940. The average Bonchev–Trinajstić information content (AvgIpc) is 3.90. The molecule has 13 rings (SSSR count). The van der Waals surface area contributed by atoms with Gasteiger partial charge in [0, 0.05) is 43.8 Å². The molecule has 0 aliphatic carbocycles. The lowest BCUT2D eigenvalue weighted by Gasteiger charge is -2.13. The van der Waals surface area contributed by atoms with Crippen LogP contribution in [0, 0.1) is 0 Å². The molecule has 0 atom stereocenters. The van der Waals surface area contributed by atoms with Gasteiger partial charge in [0.2, 0.25) is 0 Å². The predicted molar refractivity (Wildman–Crippen MR) is 254 cm³/mol. The molecule has 0 radical (unpaired) electrons. The monoisotopic (exact) mass is 791 g/mol. The topological polar surface area (TPSA) is 65.0 Å². The molecule has 5 heteroatoms. The van der Waals surface area contributed by atoms with Crippen molar-refractivity contribution in [3.63, 3.8) is 0 Å². The molecular formula is C57H33N3O2. The summed E-state index contributed by atoms with van der Waals surface area (Å²) < 4.78 is 12.8. The molecule has 3 heterocycles. The second kappa shape index (κ2) is 13.6. The van der Waals surface area contributed by atoms with E-state index in [9.17, 15) is 0 Å². The van der Waals surface area contributed by atoms with Gasteiger partial charge in [-0.15, -0.1) is 0 Å². The van der Waals surface area contributed by atoms with Crippen LogP contribution >= 0.6 is 0 Å². The highest BCUT2D eigenvalue weighted by molar-refractivity contribution is 6.14. The summed E-state index contributed by atoms with van der Waals surface area (Å²) in [6.45, 7) is 0. The molecule has 0 amide bonds. The summed E-state index contributed by atoms with van der Waals surface area (Å²) in [6, 6.07) is 70.0. The van der Waals surface area contributed by atoms with Crippen molar-refractivity contribution in [2.24, 2.45) is 0 Å². The van der Waals surface area contributed by atoms with E-state index in [1.165, 1.54) is 10.9 Å². The molecule has 62 heavy (non-hydrogen) atoms. The van der Waals surface area contributed by atoms with Crippen LogP contribution < -0.4 is 0 Å². The Hall–Kier alpha value is -8.41. The molecule has 288 valence electrons. The summed E-state index contributed by atoms with van der Waals surface area (Å²) in [6.07, 6.45) is 0. The maximum atomic E-state index is 6.63. The summed E-state index contributed by atoms with van der Waals surface area (Å²) in [5.74, 6) is 1.80. The van der Waals surface area contributed by atoms with E-state index in [4.69, 9.17) is 23.8 Å². The number of hydrogen-bond acceptors (Lipinski definition) is 5. The van der Waals surface area contributed by atoms with Crippen LogP contribution in [0.2, 0.25) is 0 Å². The summed E-state index contributed by atoms with van der Waals surface area (Å²) in [5, 5.41) is 11.0. The molecule has 0 bridgehead atoms. The molecule has 0 aliphatic rings. The van der Waals surface area contributed by atoms with Crippen molar-refractivity contribution in [1.82, 2.24) is 15.0 Å². The zero-order valence-electron chi connectivity index (χ0n) is 33.2. The van der Waals surface area contributed by atoms with Gasteiger partial charge in [0.25, 0.3) is 0 Å². The normalized spacial score (nSPS) is 11.9. The van der Waals surface area contributed by atoms with Crippen molar-refractivity contribution >= 4 is 76.2 Å². The van der Waals surface area contributed by atoms with Crippen molar-refractivity contribution in [3.05, 3.63) is 200 Å². The lowest BCUT2D eigenvalue weighted by molar-refractivity contribution is 0.669. The number of fused-ring (bicyclic) bond motifs is 9. The van der Waals surface area contributed by atoms with Crippen LogP contribution in [0.25, 0.3) is 133 Å². The lowest BCUT2D eigenvalue weighted by atomic mass is 9.96. The lowest BCUT2D eigenvalue weighted by Crippen LogP contribution is -2.01. The van der Waals surface area contributed by atoms with Gasteiger partial charge in [-0.2, -0.15) is 0 Å². The van der Waals surface area contributed by atoms with Crippen LogP contribution in [0.1, 0.15) is 0 Å². The van der Waals surface area contributed by atoms with Crippen LogP contribution in [0.3, 0.4) is 0 Å². The predicted octanol–water partition coefficient (Wildman–Crippen LogP) is 15.5. The molecular weight excluding hydrogens is 759 g/mol. The third kappa shape index (κ3) is 5.52. The number of benzene rings is 10. The Balaban J connectivity index is 0.981. The molecule has 13 aromatic rings. The fourth-order valence-electron chi connectivity index (χ4n) is 9.26. The molecule has 0 aliphatic heterocycles.